The molecule has 0 aliphatic rings. The Hall–Kier alpha value is -3.89. The van der Waals surface area contributed by atoms with Gasteiger partial charge in [-0.1, -0.05) is 27.5 Å². The lowest BCUT2D eigenvalue weighted by atomic mass is 10.2. The summed E-state index contributed by atoms with van der Waals surface area (Å²) in [5.41, 5.74) is 3.37. The van der Waals surface area contributed by atoms with E-state index in [0.717, 1.165) is 0 Å². The van der Waals surface area contributed by atoms with E-state index in [2.05, 4.69) is 31.8 Å². The van der Waals surface area contributed by atoms with Gasteiger partial charge in [0.1, 0.15) is 5.75 Å². The lowest BCUT2D eigenvalue weighted by molar-refractivity contribution is -0.120. The van der Waals surface area contributed by atoms with Gasteiger partial charge in [0.15, 0.2) is 11.5 Å². The standard InChI is InChI=1S/C25H21BrClN3O6/c1-34-21-9-5-16(12-22(21)35-2)24(32)28-14-23(31)30-29-13-17-11-18(26)6-10-20(17)36-25(33)15-3-7-19(27)8-4-15/h3-13H,14H2,1-2H3,(H,28,32)(H,30,31)/b29-13-. The summed E-state index contributed by atoms with van der Waals surface area (Å²) < 4.78 is 16.5. The number of amides is 2. The maximum Gasteiger partial charge on any atom is 0.343 e. The Labute approximate surface area is 220 Å². The van der Waals surface area contributed by atoms with E-state index in [1.807, 2.05) is 0 Å². The number of hydrazone groups is 1. The van der Waals surface area contributed by atoms with Crippen molar-refractivity contribution in [1.82, 2.24) is 10.7 Å². The van der Waals surface area contributed by atoms with Gasteiger partial charge in [-0.2, -0.15) is 5.10 Å². The van der Waals surface area contributed by atoms with E-state index in [4.69, 9.17) is 25.8 Å². The highest BCUT2D eigenvalue weighted by atomic mass is 79.9. The van der Waals surface area contributed by atoms with Crippen molar-refractivity contribution < 1.29 is 28.6 Å². The molecule has 0 spiro atoms. The average Bonchev–Trinajstić information content (AvgIpc) is 2.88. The van der Waals surface area contributed by atoms with Gasteiger partial charge in [-0.05, 0) is 60.7 Å². The molecule has 0 unspecified atom stereocenters. The first-order valence-electron chi connectivity index (χ1n) is 10.4. The molecule has 9 nitrogen and oxygen atoms in total. The number of nitrogens with one attached hydrogen (secondary N) is 2. The predicted molar refractivity (Wildman–Crippen MR) is 138 cm³/mol. The van der Waals surface area contributed by atoms with Crippen LogP contribution in [0.5, 0.6) is 17.2 Å². The molecule has 0 heterocycles. The summed E-state index contributed by atoms with van der Waals surface area (Å²) in [5.74, 6) is -0.510. The first-order chi connectivity index (χ1) is 17.3. The van der Waals surface area contributed by atoms with Gasteiger partial charge in [0.2, 0.25) is 0 Å². The van der Waals surface area contributed by atoms with E-state index in [0.29, 0.717) is 37.7 Å². The summed E-state index contributed by atoms with van der Waals surface area (Å²) in [6, 6.07) is 15.9. The van der Waals surface area contributed by atoms with Crippen molar-refractivity contribution in [3.63, 3.8) is 0 Å². The van der Waals surface area contributed by atoms with E-state index in [1.165, 1.54) is 26.5 Å². The SMILES string of the molecule is COc1ccc(C(=O)NCC(=O)N/N=C\c2cc(Br)ccc2OC(=O)c2ccc(Cl)cc2)cc1OC. The molecule has 0 aromatic heterocycles. The number of methoxy groups -OCH3 is 2. The fourth-order valence-electron chi connectivity index (χ4n) is 2.91. The highest BCUT2D eigenvalue weighted by Crippen LogP contribution is 2.27. The highest BCUT2D eigenvalue weighted by Gasteiger charge is 2.13. The smallest absolute Gasteiger partial charge is 0.343 e. The molecule has 0 aliphatic carbocycles. The summed E-state index contributed by atoms with van der Waals surface area (Å²) >= 11 is 9.20. The number of carbonyl (C=O) groups excluding carboxylic acids is 3. The van der Waals surface area contributed by atoms with Gasteiger partial charge in [-0.3, -0.25) is 9.59 Å². The van der Waals surface area contributed by atoms with Crippen LogP contribution in [-0.4, -0.2) is 44.8 Å². The molecule has 3 rings (SSSR count). The molecule has 36 heavy (non-hydrogen) atoms. The Balaban J connectivity index is 1.58. The van der Waals surface area contributed by atoms with Gasteiger partial charge in [0.05, 0.1) is 32.5 Å². The number of halogens is 2. The fraction of sp³-hybridized carbons (Fsp3) is 0.120. The van der Waals surface area contributed by atoms with Crippen molar-refractivity contribution >= 4 is 51.5 Å². The molecule has 0 saturated carbocycles. The van der Waals surface area contributed by atoms with E-state index in [-0.39, 0.29) is 12.3 Å². The first-order valence-corrected chi connectivity index (χ1v) is 11.6. The number of nitrogens with zero attached hydrogens (tertiary/aromatic N) is 1. The van der Waals surface area contributed by atoms with Crippen molar-refractivity contribution in [1.29, 1.82) is 0 Å². The number of benzene rings is 3. The monoisotopic (exact) mass is 573 g/mol. The van der Waals surface area contributed by atoms with Gasteiger partial charge < -0.3 is 19.5 Å². The van der Waals surface area contributed by atoms with Crippen molar-refractivity contribution in [2.24, 2.45) is 5.10 Å². The van der Waals surface area contributed by atoms with Crippen LogP contribution in [0, 0.1) is 0 Å². The minimum Gasteiger partial charge on any atom is -0.493 e. The van der Waals surface area contributed by atoms with Gasteiger partial charge >= 0.3 is 5.97 Å². The number of esters is 1. The van der Waals surface area contributed by atoms with Gasteiger partial charge in [-0.25, -0.2) is 10.2 Å². The van der Waals surface area contributed by atoms with Crippen LogP contribution in [0.1, 0.15) is 26.3 Å². The van der Waals surface area contributed by atoms with Gasteiger partial charge in [0, 0.05) is 20.6 Å². The molecule has 0 saturated heterocycles. The maximum absolute atomic E-state index is 12.4. The van der Waals surface area contributed by atoms with Crippen LogP contribution >= 0.6 is 27.5 Å². The number of ether oxygens (including phenoxy) is 3. The summed E-state index contributed by atoms with van der Waals surface area (Å²) in [5, 5.41) is 6.89. The summed E-state index contributed by atoms with van der Waals surface area (Å²) in [6.45, 7) is -0.318. The topological polar surface area (TPSA) is 115 Å². The zero-order chi connectivity index (χ0) is 26.1. The molecule has 2 N–H and O–H groups in total. The molecule has 0 bridgehead atoms. The number of hydrogen-bond acceptors (Lipinski definition) is 7. The Kier molecular flexibility index (Phi) is 9.43. The Morgan fingerprint density at radius 3 is 2.28 bits per heavy atom. The molecule has 0 radical (unpaired) electrons. The van der Waals surface area contributed by atoms with E-state index in [1.54, 1.807) is 54.6 Å². The third kappa shape index (κ3) is 7.30. The van der Waals surface area contributed by atoms with E-state index < -0.39 is 17.8 Å². The number of hydrogen-bond donors (Lipinski definition) is 2. The fourth-order valence-corrected chi connectivity index (χ4v) is 3.42. The molecule has 2 amide bonds. The van der Waals surface area contributed by atoms with Crippen LogP contribution in [0.15, 0.2) is 70.2 Å². The molecule has 0 atom stereocenters. The second-order valence-electron chi connectivity index (χ2n) is 7.12. The highest BCUT2D eigenvalue weighted by molar-refractivity contribution is 9.10. The van der Waals surface area contributed by atoms with Crippen molar-refractivity contribution in [2.75, 3.05) is 20.8 Å². The lowest BCUT2D eigenvalue weighted by Gasteiger charge is -2.10. The zero-order valence-corrected chi connectivity index (χ0v) is 21.6. The molecule has 3 aromatic carbocycles. The summed E-state index contributed by atoms with van der Waals surface area (Å²) in [4.78, 5) is 36.9. The van der Waals surface area contributed by atoms with Gasteiger partial charge in [0.25, 0.3) is 11.8 Å². The molecule has 0 fully saturated rings. The third-order valence-corrected chi connectivity index (χ3v) is 5.45. The van der Waals surface area contributed by atoms with Gasteiger partial charge in [-0.15, -0.1) is 0 Å². The lowest BCUT2D eigenvalue weighted by Crippen LogP contribution is -2.34. The average molecular weight is 575 g/mol. The van der Waals surface area contributed by atoms with Crippen LogP contribution in [0.25, 0.3) is 0 Å². The minimum absolute atomic E-state index is 0.234. The molecule has 0 aliphatic heterocycles. The Morgan fingerprint density at radius 2 is 1.58 bits per heavy atom. The predicted octanol–water partition coefficient (Wildman–Crippen LogP) is 4.22. The maximum atomic E-state index is 12.4. The van der Waals surface area contributed by atoms with E-state index in [9.17, 15) is 14.4 Å². The van der Waals surface area contributed by atoms with Crippen LogP contribution < -0.4 is 25.0 Å². The molecule has 3 aromatic rings. The second kappa shape index (κ2) is 12.7. The summed E-state index contributed by atoms with van der Waals surface area (Å²) in [7, 11) is 2.95. The van der Waals surface area contributed by atoms with Crippen LogP contribution in [0.3, 0.4) is 0 Å². The third-order valence-electron chi connectivity index (χ3n) is 4.70. The molecule has 11 heteroatoms. The van der Waals surface area contributed by atoms with Crippen molar-refractivity contribution in [3.8, 4) is 17.2 Å². The zero-order valence-electron chi connectivity index (χ0n) is 19.2. The van der Waals surface area contributed by atoms with Crippen LogP contribution in [0.4, 0.5) is 0 Å². The quantitative estimate of drug-likeness (QED) is 0.171. The van der Waals surface area contributed by atoms with Crippen LogP contribution in [0.2, 0.25) is 5.02 Å². The molecular formula is C25H21BrClN3O6. The normalized spacial score (nSPS) is 10.6. The van der Waals surface area contributed by atoms with Crippen molar-refractivity contribution in [2.45, 2.75) is 0 Å². The largest absolute Gasteiger partial charge is 0.493 e. The van der Waals surface area contributed by atoms with Crippen molar-refractivity contribution in [3.05, 3.63) is 86.8 Å². The molecular weight excluding hydrogens is 554 g/mol. The Bertz CT molecular complexity index is 1300. The first kappa shape index (κ1) is 26.7. The second-order valence-corrected chi connectivity index (χ2v) is 8.48. The van der Waals surface area contributed by atoms with Crippen LogP contribution in [-0.2, 0) is 4.79 Å². The Morgan fingerprint density at radius 1 is 0.917 bits per heavy atom. The van der Waals surface area contributed by atoms with E-state index >= 15 is 0 Å². The number of rotatable bonds is 9. The molecule has 186 valence electrons. The minimum atomic E-state index is -0.578. The summed E-state index contributed by atoms with van der Waals surface area (Å²) in [6.07, 6.45) is 1.32. The number of carbonyl (C=O) groups is 3.